The van der Waals surface area contributed by atoms with Crippen LogP contribution in [0.1, 0.15) is 46.7 Å². The van der Waals surface area contributed by atoms with Gasteiger partial charge in [-0.15, -0.1) is 0 Å². The third-order valence-corrected chi connectivity index (χ3v) is 8.51. The molecule has 1 unspecified atom stereocenters. The Morgan fingerprint density at radius 2 is 1.84 bits per heavy atom. The van der Waals surface area contributed by atoms with Gasteiger partial charge in [0.05, 0.1) is 7.11 Å². The molecule has 3 aromatic carbocycles. The molecule has 0 bridgehead atoms. The van der Waals surface area contributed by atoms with Crippen molar-refractivity contribution in [2.45, 2.75) is 33.0 Å². The van der Waals surface area contributed by atoms with Crippen LogP contribution in [0.15, 0.2) is 101 Å². The number of aliphatic hydroxyl groups is 1. The van der Waals surface area contributed by atoms with Crippen LogP contribution in [0, 0.1) is 6.92 Å². The van der Waals surface area contributed by atoms with Gasteiger partial charge in [0, 0.05) is 74.8 Å². The Balaban J connectivity index is 1.44. The average molecular weight is 589 g/mol. The molecule has 2 aliphatic rings. The number of hydrogen-bond acceptors (Lipinski definition) is 7. The van der Waals surface area contributed by atoms with Crippen molar-refractivity contribution in [1.29, 1.82) is 0 Å². The fourth-order valence-corrected chi connectivity index (χ4v) is 5.99. The molecule has 1 atom stereocenters. The van der Waals surface area contributed by atoms with Gasteiger partial charge < -0.3 is 29.4 Å². The molecule has 44 heavy (non-hydrogen) atoms. The molecule has 4 aromatic rings. The summed E-state index contributed by atoms with van der Waals surface area (Å²) in [6.45, 7) is 12.3. The van der Waals surface area contributed by atoms with Crippen molar-refractivity contribution in [3.05, 3.63) is 125 Å². The lowest BCUT2D eigenvalue weighted by molar-refractivity contribution is 0.143. The number of anilines is 2. The molecule has 3 heterocycles. The van der Waals surface area contributed by atoms with Crippen LogP contribution in [0.25, 0.3) is 16.9 Å². The van der Waals surface area contributed by atoms with E-state index in [1.165, 1.54) is 11.3 Å². The largest absolute Gasteiger partial charge is 0.484 e. The number of furan rings is 1. The standard InChI is InChI=1S/C37H40N4O3/c1-5-27(23-39-26(3)43-4)33-9-7-6-8-29(33)24-41-34-15-14-32(40-18-16-38-17-19-40)21-30(34)20-31-22-35(44-36(31)37(41)42)28-12-10-25(2)11-13-28/h5-15,21-23,37-38,42H,1,16-20,24H2,2-4H3. The smallest absolute Gasteiger partial charge is 0.187 e. The van der Waals surface area contributed by atoms with Crippen LogP contribution in [0.3, 0.4) is 0 Å². The number of hydrogen-bond donors (Lipinski definition) is 2. The Morgan fingerprint density at radius 1 is 1.07 bits per heavy atom. The molecule has 2 N–H and O–H groups in total. The van der Waals surface area contributed by atoms with E-state index in [4.69, 9.17) is 9.15 Å². The number of benzene rings is 3. The lowest BCUT2D eigenvalue weighted by Gasteiger charge is -2.33. The zero-order valence-electron chi connectivity index (χ0n) is 25.7. The summed E-state index contributed by atoms with van der Waals surface area (Å²) in [7, 11) is 1.60. The van der Waals surface area contributed by atoms with E-state index in [1.54, 1.807) is 19.4 Å². The Kier molecular flexibility index (Phi) is 8.68. The highest BCUT2D eigenvalue weighted by molar-refractivity contribution is 5.79. The van der Waals surface area contributed by atoms with E-state index in [0.29, 0.717) is 24.6 Å². The van der Waals surface area contributed by atoms with E-state index >= 15 is 0 Å². The number of allylic oxidation sites excluding steroid dienone is 2. The van der Waals surface area contributed by atoms with Gasteiger partial charge in [0.15, 0.2) is 17.9 Å². The second-order valence-corrected chi connectivity index (χ2v) is 11.4. The lowest BCUT2D eigenvalue weighted by atomic mass is 9.99. The quantitative estimate of drug-likeness (QED) is 0.140. The average Bonchev–Trinajstić information content (AvgIpc) is 3.44. The van der Waals surface area contributed by atoms with E-state index in [0.717, 1.165) is 71.0 Å². The molecule has 2 aliphatic heterocycles. The molecule has 0 aliphatic carbocycles. The SMILES string of the molecule is C=CC(=CN=C(C)OC)c1ccccc1CN1c2ccc(N3CCNCC3)cc2Cc2cc(-c3ccc(C)cc3)oc2C1O. The van der Waals surface area contributed by atoms with Gasteiger partial charge in [0.2, 0.25) is 0 Å². The number of rotatable bonds is 7. The second-order valence-electron chi connectivity index (χ2n) is 11.4. The van der Waals surface area contributed by atoms with Crippen LogP contribution in [-0.4, -0.2) is 44.3 Å². The zero-order chi connectivity index (χ0) is 30.6. The highest BCUT2D eigenvalue weighted by atomic mass is 16.5. The Hall–Kier alpha value is -4.59. The van der Waals surface area contributed by atoms with Gasteiger partial charge >= 0.3 is 0 Å². The van der Waals surface area contributed by atoms with Crippen molar-refractivity contribution >= 4 is 22.8 Å². The molecule has 0 saturated carbocycles. The molecule has 0 amide bonds. The van der Waals surface area contributed by atoms with Crippen LogP contribution in [0.2, 0.25) is 0 Å². The van der Waals surface area contributed by atoms with Gasteiger partial charge in [-0.05, 0) is 53.5 Å². The fraction of sp³-hybridized carbons (Fsp3) is 0.270. The Bertz CT molecular complexity index is 1700. The predicted molar refractivity (Wildman–Crippen MR) is 179 cm³/mol. The molecule has 7 nitrogen and oxygen atoms in total. The first-order valence-electron chi connectivity index (χ1n) is 15.2. The van der Waals surface area contributed by atoms with Crippen LogP contribution >= 0.6 is 0 Å². The number of aliphatic hydroxyl groups excluding tert-OH is 1. The van der Waals surface area contributed by atoms with Gasteiger partial charge in [-0.1, -0.05) is 66.7 Å². The van der Waals surface area contributed by atoms with E-state index in [-0.39, 0.29) is 0 Å². The summed E-state index contributed by atoms with van der Waals surface area (Å²) in [5.74, 6) is 1.91. The van der Waals surface area contributed by atoms with Gasteiger partial charge in [-0.3, -0.25) is 0 Å². The minimum Gasteiger partial charge on any atom is -0.484 e. The van der Waals surface area contributed by atoms with E-state index < -0.39 is 6.23 Å². The first-order valence-corrected chi connectivity index (χ1v) is 15.2. The highest BCUT2D eigenvalue weighted by Gasteiger charge is 2.32. The number of fused-ring (bicyclic) bond motifs is 2. The first kappa shape index (κ1) is 29.5. The normalized spacial score (nSPS) is 17.1. The van der Waals surface area contributed by atoms with Crippen molar-refractivity contribution in [3.63, 3.8) is 0 Å². The molecule has 6 rings (SSSR count). The monoisotopic (exact) mass is 588 g/mol. The fourth-order valence-electron chi connectivity index (χ4n) is 5.99. The molecular formula is C37H40N4O3. The molecule has 226 valence electrons. The van der Waals surface area contributed by atoms with Crippen LogP contribution in [0.4, 0.5) is 11.4 Å². The van der Waals surface area contributed by atoms with Crippen LogP contribution in [-0.2, 0) is 17.7 Å². The number of methoxy groups -OCH3 is 1. The van der Waals surface area contributed by atoms with Gasteiger partial charge in [-0.2, -0.15) is 0 Å². The zero-order valence-corrected chi connectivity index (χ0v) is 25.7. The van der Waals surface area contributed by atoms with Crippen molar-refractivity contribution in [2.75, 3.05) is 43.1 Å². The van der Waals surface area contributed by atoms with Crippen LogP contribution < -0.4 is 15.1 Å². The molecule has 0 radical (unpaired) electrons. The van der Waals surface area contributed by atoms with Crippen molar-refractivity contribution < 1.29 is 14.3 Å². The van der Waals surface area contributed by atoms with Crippen molar-refractivity contribution in [3.8, 4) is 11.3 Å². The Morgan fingerprint density at radius 3 is 2.59 bits per heavy atom. The van der Waals surface area contributed by atoms with E-state index in [9.17, 15) is 5.11 Å². The molecule has 1 fully saturated rings. The second kappa shape index (κ2) is 13.0. The van der Waals surface area contributed by atoms with Gasteiger partial charge in [-0.25, -0.2) is 4.99 Å². The number of nitrogens with zero attached hydrogens (tertiary/aromatic N) is 3. The molecule has 0 spiro atoms. The summed E-state index contributed by atoms with van der Waals surface area (Å²) in [6, 6.07) is 25.2. The Labute approximate surface area is 259 Å². The summed E-state index contributed by atoms with van der Waals surface area (Å²) in [5.41, 5.74) is 9.44. The number of nitrogens with one attached hydrogen (secondary N) is 1. The van der Waals surface area contributed by atoms with E-state index in [2.05, 4.69) is 89.4 Å². The first-order chi connectivity index (χ1) is 21.4. The van der Waals surface area contributed by atoms with Gasteiger partial charge in [0.1, 0.15) is 5.76 Å². The summed E-state index contributed by atoms with van der Waals surface area (Å²) in [4.78, 5) is 8.91. The predicted octanol–water partition coefficient (Wildman–Crippen LogP) is 6.86. The van der Waals surface area contributed by atoms with E-state index in [1.807, 2.05) is 24.0 Å². The van der Waals surface area contributed by atoms with Crippen molar-refractivity contribution in [2.24, 2.45) is 4.99 Å². The number of ether oxygens (including phenoxy) is 1. The minimum atomic E-state index is -0.978. The molecule has 1 aromatic heterocycles. The lowest BCUT2D eigenvalue weighted by Crippen LogP contribution is -2.43. The summed E-state index contributed by atoms with van der Waals surface area (Å²) >= 11 is 0. The molecule has 1 saturated heterocycles. The van der Waals surface area contributed by atoms with Gasteiger partial charge in [0.25, 0.3) is 0 Å². The maximum Gasteiger partial charge on any atom is 0.187 e. The minimum absolute atomic E-state index is 0.454. The number of piperazine rings is 1. The molecule has 7 heteroatoms. The number of aliphatic imine (C=N–C) groups is 1. The summed E-state index contributed by atoms with van der Waals surface area (Å²) < 4.78 is 11.7. The third-order valence-electron chi connectivity index (χ3n) is 8.51. The van der Waals surface area contributed by atoms with Crippen molar-refractivity contribution in [1.82, 2.24) is 5.32 Å². The molecular weight excluding hydrogens is 548 g/mol. The highest BCUT2D eigenvalue weighted by Crippen LogP contribution is 2.42. The summed E-state index contributed by atoms with van der Waals surface area (Å²) in [5, 5.41) is 15.5. The third kappa shape index (κ3) is 6.07. The number of aryl methyl sites for hydroxylation is 1. The van der Waals surface area contributed by atoms with Crippen LogP contribution in [0.5, 0.6) is 0 Å². The maximum absolute atomic E-state index is 12.1. The topological polar surface area (TPSA) is 73.5 Å². The maximum atomic E-state index is 12.1. The summed E-state index contributed by atoms with van der Waals surface area (Å²) in [6.07, 6.45) is 3.26.